The van der Waals surface area contributed by atoms with Gasteiger partial charge < -0.3 is 19.0 Å². The monoisotopic (exact) mass is 752 g/mol. The Labute approximate surface area is 337 Å². The number of para-hydroxylation sites is 4. The Morgan fingerprint density at radius 3 is 1.91 bits per heavy atom. The summed E-state index contributed by atoms with van der Waals surface area (Å²) in [4.78, 5) is 12.0. The van der Waals surface area contributed by atoms with Crippen LogP contribution in [0.1, 0.15) is 26.3 Å². The van der Waals surface area contributed by atoms with Crippen molar-refractivity contribution >= 4 is 61.9 Å². The number of nitrogens with zero attached hydrogens (tertiary/aromatic N) is 4. The van der Waals surface area contributed by atoms with Crippen molar-refractivity contribution in [2.45, 2.75) is 26.2 Å². The van der Waals surface area contributed by atoms with E-state index in [-0.39, 0.29) is 5.41 Å². The Morgan fingerprint density at radius 2 is 1.14 bits per heavy atom. The molecule has 0 saturated heterocycles. The van der Waals surface area contributed by atoms with E-state index in [0.717, 1.165) is 84.5 Å². The van der Waals surface area contributed by atoms with Gasteiger partial charge in [-0.25, -0.2) is 4.98 Å². The van der Waals surface area contributed by atoms with Crippen LogP contribution in [0.25, 0.3) is 44.2 Å². The number of fused-ring (bicyclic) bond motifs is 9. The molecule has 0 unspecified atom stereocenters. The fourth-order valence-electron chi connectivity index (χ4n) is 8.61. The predicted octanol–water partition coefficient (Wildman–Crippen LogP) is 14.4. The largest absolute Gasteiger partial charge is 0.457 e. The first-order valence-corrected chi connectivity index (χ1v) is 19.8. The van der Waals surface area contributed by atoms with Gasteiger partial charge in [-0.05, 0) is 94.9 Å². The lowest BCUT2D eigenvalue weighted by Gasteiger charge is -2.28. The molecule has 4 heterocycles. The van der Waals surface area contributed by atoms with Crippen LogP contribution >= 0.6 is 0 Å². The highest BCUT2D eigenvalue weighted by Crippen LogP contribution is 2.52. The first kappa shape index (κ1) is 34.0. The fourth-order valence-corrected chi connectivity index (χ4v) is 8.61. The van der Waals surface area contributed by atoms with Crippen LogP contribution in [-0.2, 0) is 5.41 Å². The van der Waals surface area contributed by atoms with Gasteiger partial charge in [0.15, 0.2) is 0 Å². The van der Waals surface area contributed by atoms with Crippen LogP contribution in [0, 0.1) is 0 Å². The Bertz CT molecular complexity index is 3050. The second-order valence-corrected chi connectivity index (χ2v) is 16.1. The highest BCUT2D eigenvalue weighted by molar-refractivity contribution is 6.06. The summed E-state index contributed by atoms with van der Waals surface area (Å²) in [6, 6.07) is 59.7. The second kappa shape index (κ2) is 13.1. The van der Waals surface area contributed by atoms with Gasteiger partial charge in [-0.3, -0.25) is 4.90 Å². The first-order chi connectivity index (χ1) is 28.4. The molecule has 6 heteroatoms. The maximum absolute atomic E-state index is 6.80. The minimum Gasteiger partial charge on any atom is -0.457 e. The van der Waals surface area contributed by atoms with Crippen molar-refractivity contribution < 1.29 is 9.15 Å². The van der Waals surface area contributed by atoms with Crippen molar-refractivity contribution in [2.75, 3.05) is 21.4 Å². The minimum atomic E-state index is -0.0418. The van der Waals surface area contributed by atoms with Crippen LogP contribution in [0.4, 0.5) is 39.9 Å². The van der Waals surface area contributed by atoms with Crippen LogP contribution in [0.15, 0.2) is 180 Å². The summed E-state index contributed by atoms with van der Waals surface area (Å²) in [5, 5.41) is 2.25. The van der Waals surface area contributed by atoms with Crippen molar-refractivity contribution in [3.8, 4) is 33.8 Å². The lowest BCUT2D eigenvalue weighted by atomic mass is 9.87. The molecule has 2 aromatic heterocycles. The molecule has 0 saturated carbocycles. The minimum absolute atomic E-state index is 0.0418. The molecular weight excluding hydrogens is 713 g/mol. The number of ether oxygens (including phenoxy) is 1. The highest BCUT2D eigenvalue weighted by Gasteiger charge is 2.30. The summed E-state index contributed by atoms with van der Waals surface area (Å²) < 4.78 is 13.1. The van der Waals surface area contributed by atoms with E-state index in [1.54, 1.807) is 0 Å². The predicted molar refractivity (Wildman–Crippen MR) is 238 cm³/mol. The smallest absolute Gasteiger partial charge is 0.137 e. The van der Waals surface area contributed by atoms with Gasteiger partial charge in [0.1, 0.15) is 35.2 Å². The maximum Gasteiger partial charge on any atom is 0.137 e. The van der Waals surface area contributed by atoms with Crippen LogP contribution in [0.2, 0.25) is 0 Å². The van der Waals surface area contributed by atoms with E-state index in [4.69, 9.17) is 14.1 Å². The number of rotatable bonds is 5. The Balaban J connectivity index is 0.966. The van der Waals surface area contributed by atoms with Gasteiger partial charge >= 0.3 is 0 Å². The van der Waals surface area contributed by atoms with Gasteiger partial charge in [-0.15, -0.1) is 0 Å². The van der Waals surface area contributed by atoms with Gasteiger partial charge in [0.05, 0.1) is 22.7 Å². The third-order valence-electron chi connectivity index (χ3n) is 11.5. The van der Waals surface area contributed by atoms with Gasteiger partial charge in [0, 0.05) is 57.7 Å². The molecule has 0 amide bonds. The molecule has 7 aromatic carbocycles. The Hall–Kier alpha value is -7.31. The van der Waals surface area contributed by atoms with Crippen molar-refractivity contribution in [3.63, 3.8) is 0 Å². The molecule has 0 N–H and O–H groups in total. The molecule has 0 radical (unpaired) electrons. The summed E-state index contributed by atoms with van der Waals surface area (Å²) in [7, 11) is 0. The normalized spacial score (nSPS) is 13.3. The van der Waals surface area contributed by atoms with E-state index in [9.17, 15) is 0 Å². The molecule has 9 aromatic rings. The van der Waals surface area contributed by atoms with Crippen molar-refractivity contribution in [1.29, 1.82) is 0 Å². The third kappa shape index (κ3) is 5.59. The molecule has 6 nitrogen and oxygen atoms in total. The molecule has 58 heavy (non-hydrogen) atoms. The summed E-state index contributed by atoms with van der Waals surface area (Å²) in [5.74, 6) is 2.36. The van der Waals surface area contributed by atoms with Crippen LogP contribution < -0.4 is 19.4 Å². The topological polar surface area (TPSA) is 45.0 Å². The molecule has 0 fully saturated rings. The summed E-state index contributed by atoms with van der Waals surface area (Å²) >= 11 is 0. The van der Waals surface area contributed by atoms with Crippen LogP contribution in [-0.4, -0.2) is 11.7 Å². The molecule has 11 rings (SSSR count). The average Bonchev–Trinajstić information content (AvgIpc) is 3.79. The number of pyridine rings is 1. The number of aromatic nitrogens is 1. The van der Waals surface area contributed by atoms with Gasteiger partial charge in [0.2, 0.25) is 0 Å². The molecule has 0 atom stereocenters. The molecule has 0 aliphatic carbocycles. The standard InChI is InChI=1S/C52H40N4O2/c1-52(2,3)34-27-28-53-51(29-34)56-45-19-8-6-17-41(45)39-15-4-5-16-40(39)42-26-24-38(32-48(42)56)57-37-14-12-13-35(30-37)54-33-55(47-21-10-9-20-46(47)54)36-23-25-44-43-18-7-11-22-49(43)58-50(44)31-36/h4-32H,33H2,1-3H3. The third-order valence-corrected chi connectivity index (χ3v) is 11.5. The molecule has 2 aliphatic heterocycles. The molecular formula is C52H40N4O2. The van der Waals surface area contributed by atoms with E-state index >= 15 is 0 Å². The maximum atomic E-state index is 6.80. The zero-order valence-electron chi connectivity index (χ0n) is 32.6. The lowest BCUT2D eigenvalue weighted by Crippen LogP contribution is -2.23. The van der Waals surface area contributed by atoms with Gasteiger partial charge in [-0.2, -0.15) is 0 Å². The molecule has 0 bridgehead atoms. The zero-order chi connectivity index (χ0) is 39.0. The Kier molecular flexibility index (Phi) is 7.70. The fraction of sp³-hybridized carbons (Fsp3) is 0.0962. The Morgan fingerprint density at radius 1 is 0.500 bits per heavy atom. The number of hydrogen-bond acceptors (Lipinski definition) is 6. The van der Waals surface area contributed by atoms with E-state index in [1.165, 1.54) is 16.7 Å². The SMILES string of the molecule is CC(C)(C)c1ccnc(N2c3ccccc3-c3ccccc3-c3ccc(Oc4cccc(N5CN(c6ccc7c(c6)oc6ccccc67)c6ccccc65)c4)cc32)c1. The molecule has 0 spiro atoms. The first-order valence-electron chi connectivity index (χ1n) is 19.8. The van der Waals surface area contributed by atoms with E-state index in [2.05, 4.69) is 187 Å². The quantitative estimate of drug-likeness (QED) is 0.174. The average molecular weight is 753 g/mol. The van der Waals surface area contributed by atoms with E-state index in [1.807, 2.05) is 24.4 Å². The molecule has 280 valence electrons. The lowest BCUT2D eigenvalue weighted by molar-refractivity contribution is 0.483. The summed E-state index contributed by atoms with van der Waals surface area (Å²) in [6.45, 7) is 7.37. The molecule has 2 aliphatic rings. The van der Waals surface area contributed by atoms with Crippen molar-refractivity contribution in [1.82, 2.24) is 4.98 Å². The van der Waals surface area contributed by atoms with Crippen molar-refractivity contribution in [3.05, 3.63) is 182 Å². The van der Waals surface area contributed by atoms with Gasteiger partial charge in [0.25, 0.3) is 0 Å². The van der Waals surface area contributed by atoms with Gasteiger partial charge in [-0.1, -0.05) is 99.6 Å². The van der Waals surface area contributed by atoms with E-state index < -0.39 is 0 Å². The van der Waals surface area contributed by atoms with E-state index in [0.29, 0.717) is 6.67 Å². The van der Waals surface area contributed by atoms with Crippen LogP contribution in [0.3, 0.4) is 0 Å². The summed E-state index contributed by atoms with van der Waals surface area (Å²) in [5.41, 5.74) is 14.1. The summed E-state index contributed by atoms with van der Waals surface area (Å²) in [6.07, 6.45) is 1.93. The number of hydrogen-bond donors (Lipinski definition) is 0. The number of furan rings is 1. The van der Waals surface area contributed by atoms with Crippen molar-refractivity contribution in [2.24, 2.45) is 0 Å². The number of benzene rings is 7. The highest BCUT2D eigenvalue weighted by atomic mass is 16.5. The van der Waals surface area contributed by atoms with Crippen LogP contribution in [0.5, 0.6) is 11.5 Å². The second-order valence-electron chi connectivity index (χ2n) is 16.1. The zero-order valence-corrected chi connectivity index (χ0v) is 32.6. The number of anilines is 7.